The summed E-state index contributed by atoms with van der Waals surface area (Å²) in [6.45, 7) is 6.93. The van der Waals surface area contributed by atoms with E-state index < -0.39 is 5.60 Å². The third-order valence-corrected chi connectivity index (χ3v) is 3.76. The Labute approximate surface area is 106 Å². The van der Waals surface area contributed by atoms with Crippen LogP contribution in [-0.2, 0) is 9.53 Å². The topological polar surface area (TPSA) is 26.3 Å². The summed E-state index contributed by atoms with van der Waals surface area (Å²) < 4.78 is 6.05. The van der Waals surface area contributed by atoms with Gasteiger partial charge >= 0.3 is 0 Å². The van der Waals surface area contributed by atoms with E-state index in [0.717, 1.165) is 38.7 Å². The van der Waals surface area contributed by atoms with Gasteiger partial charge in [-0.05, 0) is 19.3 Å². The van der Waals surface area contributed by atoms with Crippen LogP contribution in [0.1, 0.15) is 72.1 Å². The standard InChI is InChI=1S/C15H28O2/c1-4-5-9-12-17-15(14(16)13(2)3)10-7-6-8-11-15/h13H,4-12H2,1-3H3. The molecule has 0 aromatic carbocycles. The van der Waals surface area contributed by atoms with Gasteiger partial charge < -0.3 is 4.74 Å². The van der Waals surface area contributed by atoms with Gasteiger partial charge in [-0.2, -0.15) is 0 Å². The Bertz CT molecular complexity index is 227. The van der Waals surface area contributed by atoms with E-state index in [2.05, 4.69) is 6.92 Å². The summed E-state index contributed by atoms with van der Waals surface area (Å²) in [5.74, 6) is 0.424. The normalized spacial score (nSPS) is 19.5. The van der Waals surface area contributed by atoms with Crippen LogP contribution in [0.3, 0.4) is 0 Å². The summed E-state index contributed by atoms with van der Waals surface area (Å²) in [7, 11) is 0. The van der Waals surface area contributed by atoms with Gasteiger partial charge in [0, 0.05) is 12.5 Å². The van der Waals surface area contributed by atoms with Crippen LogP contribution in [-0.4, -0.2) is 18.0 Å². The van der Waals surface area contributed by atoms with Crippen molar-refractivity contribution in [2.75, 3.05) is 6.61 Å². The summed E-state index contributed by atoms with van der Waals surface area (Å²) in [6, 6.07) is 0. The molecule has 0 N–H and O–H groups in total. The lowest BCUT2D eigenvalue weighted by Crippen LogP contribution is -2.45. The SMILES string of the molecule is CCCCCOC1(C(=O)C(C)C)CCCCC1. The van der Waals surface area contributed by atoms with Gasteiger partial charge in [0.2, 0.25) is 0 Å². The molecule has 0 spiro atoms. The van der Waals surface area contributed by atoms with Crippen molar-refractivity contribution in [2.45, 2.75) is 77.7 Å². The van der Waals surface area contributed by atoms with Crippen LogP contribution in [0, 0.1) is 5.92 Å². The summed E-state index contributed by atoms with van der Waals surface area (Å²) in [5, 5.41) is 0. The highest BCUT2D eigenvalue weighted by atomic mass is 16.5. The minimum absolute atomic E-state index is 0.0966. The number of hydrogen-bond donors (Lipinski definition) is 0. The monoisotopic (exact) mass is 240 g/mol. The average Bonchev–Trinajstić information content (AvgIpc) is 2.35. The summed E-state index contributed by atoms with van der Waals surface area (Å²) in [4.78, 5) is 12.4. The maximum atomic E-state index is 12.4. The molecule has 1 aliphatic carbocycles. The molecule has 0 atom stereocenters. The van der Waals surface area contributed by atoms with Crippen molar-refractivity contribution in [1.82, 2.24) is 0 Å². The first-order chi connectivity index (χ1) is 8.12. The van der Waals surface area contributed by atoms with Gasteiger partial charge in [0.25, 0.3) is 0 Å². The highest BCUT2D eigenvalue weighted by Crippen LogP contribution is 2.34. The Morgan fingerprint density at radius 3 is 2.35 bits per heavy atom. The second-order valence-electron chi connectivity index (χ2n) is 5.63. The Morgan fingerprint density at radius 2 is 1.82 bits per heavy atom. The largest absolute Gasteiger partial charge is 0.367 e. The van der Waals surface area contributed by atoms with Crippen LogP contribution < -0.4 is 0 Å². The molecule has 0 heterocycles. The molecule has 0 saturated heterocycles. The molecule has 2 nitrogen and oxygen atoms in total. The highest BCUT2D eigenvalue weighted by molar-refractivity contribution is 5.89. The quantitative estimate of drug-likeness (QED) is 0.626. The number of Topliss-reactive ketones (excluding diaryl/α,β-unsaturated/α-hetero) is 1. The number of hydrogen-bond acceptors (Lipinski definition) is 2. The van der Waals surface area contributed by atoms with Crippen molar-refractivity contribution in [2.24, 2.45) is 5.92 Å². The van der Waals surface area contributed by atoms with Crippen molar-refractivity contribution >= 4 is 5.78 Å². The number of unbranched alkanes of at least 4 members (excludes halogenated alkanes) is 2. The average molecular weight is 240 g/mol. The van der Waals surface area contributed by atoms with Crippen molar-refractivity contribution in [1.29, 1.82) is 0 Å². The zero-order valence-electron chi connectivity index (χ0n) is 11.8. The van der Waals surface area contributed by atoms with E-state index in [1.54, 1.807) is 0 Å². The lowest BCUT2D eigenvalue weighted by Gasteiger charge is -2.37. The molecule has 1 saturated carbocycles. The predicted octanol–water partition coefficient (Wildman–Crippen LogP) is 4.12. The second kappa shape index (κ2) is 7.15. The van der Waals surface area contributed by atoms with E-state index >= 15 is 0 Å². The number of carbonyl (C=O) groups excluding carboxylic acids is 1. The van der Waals surface area contributed by atoms with Crippen molar-refractivity contribution in [3.63, 3.8) is 0 Å². The van der Waals surface area contributed by atoms with Gasteiger partial charge in [-0.3, -0.25) is 4.79 Å². The van der Waals surface area contributed by atoms with E-state index in [-0.39, 0.29) is 5.92 Å². The molecule has 0 amide bonds. The Hall–Kier alpha value is -0.370. The maximum Gasteiger partial charge on any atom is 0.167 e. The number of ether oxygens (including phenoxy) is 1. The van der Waals surface area contributed by atoms with Crippen molar-refractivity contribution < 1.29 is 9.53 Å². The molecular weight excluding hydrogens is 212 g/mol. The maximum absolute atomic E-state index is 12.4. The van der Waals surface area contributed by atoms with Crippen LogP contribution in [0.4, 0.5) is 0 Å². The van der Waals surface area contributed by atoms with Crippen molar-refractivity contribution in [3.05, 3.63) is 0 Å². The van der Waals surface area contributed by atoms with Gasteiger partial charge in [0.05, 0.1) is 0 Å². The molecule has 1 rings (SSSR count). The van der Waals surface area contributed by atoms with Gasteiger partial charge in [-0.15, -0.1) is 0 Å². The summed E-state index contributed by atoms with van der Waals surface area (Å²) in [5.41, 5.74) is -0.430. The molecule has 0 bridgehead atoms. The van der Waals surface area contributed by atoms with Gasteiger partial charge in [-0.1, -0.05) is 52.9 Å². The fourth-order valence-electron chi connectivity index (χ4n) is 2.73. The molecule has 1 fully saturated rings. The number of carbonyl (C=O) groups is 1. The van der Waals surface area contributed by atoms with Gasteiger partial charge in [0.1, 0.15) is 5.60 Å². The van der Waals surface area contributed by atoms with E-state index in [9.17, 15) is 4.79 Å². The predicted molar refractivity (Wildman–Crippen MR) is 71.1 cm³/mol. The first-order valence-electron chi connectivity index (χ1n) is 7.30. The molecular formula is C15H28O2. The minimum atomic E-state index is -0.430. The zero-order valence-corrected chi connectivity index (χ0v) is 11.8. The molecule has 100 valence electrons. The lowest BCUT2D eigenvalue weighted by atomic mass is 9.78. The first kappa shape index (κ1) is 14.7. The Morgan fingerprint density at radius 1 is 1.18 bits per heavy atom. The summed E-state index contributed by atoms with van der Waals surface area (Å²) in [6.07, 6.45) is 8.92. The number of rotatable bonds is 7. The first-order valence-corrected chi connectivity index (χ1v) is 7.30. The third kappa shape index (κ3) is 4.09. The third-order valence-electron chi connectivity index (χ3n) is 3.76. The molecule has 1 aliphatic rings. The van der Waals surface area contributed by atoms with Crippen molar-refractivity contribution in [3.8, 4) is 0 Å². The molecule has 0 aromatic rings. The highest BCUT2D eigenvalue weighted by Gasteiger charge is 2.41. The fraction of sp³-hybridized carbons (Fsp3) is 0.933. The van der Waals surface area contributed by atoms with E-state index in [1.165, 1.54) is 19.3 Å². The lowest BCUT2D eigenvalue weighted by molar-refractivity contribution is -0.153. The zero-order chi connectivity index (χ0) is 12.7. The second-order valence-corrected chi connectivity index (χ2v) is 5.63. The number of ketones is 1. The van der Waals surface area contributed by atoms with Gasteiger partial charge in [-0.25, -0.2) is 0 Å². The minimum Gasteiger partial charge on any atom is -0.367 e. The van der Waals surface area contributed by atoms with E-state index in [4.69, 9.17) is 4.74 Å². The smallest absolute Gasteiger partial charge is 0.167 e. The molecule has 17 heavy (non-hydrogen) atoms. The van der Waals surface area contributed by atoms with Crippen LogP contribution in [0.15, 0.2) is 0 Å². The molecule has 0 aliphatic heterocycles. The van der Waals surface area contributed by atoms with Crippen LogP contribution in [0.25, 0.3) is 0 Å². The molecule has 0 radical (unpaired) electrons. The summed E-state index contributed by atoms with van der Waals surface area (Å²) >= 11 is 0. The van der Waals surface area contributed by atoms with Crippen LogP contribution in [0.2, 0.25) is 0 Å². The molecule has 2 heteroatoms. The van der Waals surface area contributed by atoms with Gasteiger partial charge in [0.15, 0.2) is 5.78 Å². The molecule has 0 aromatic heterocycles. The fourth-order valence-corrected chi connectivity index (χ4v) is 2.73. The Balaban J connectivity index is 2.55. The molecule has 0 unspecified atom stereocenters. The van der Waals surface area contributed by atoms with E-state index in [1.807, 2.05) is 13.8 Å². The Kier molecular flexibility index (Phi) is 6.18. The van der Waals surface area contributed by atoms with E-state index in [0.29, 0.717) is 5.78 Å². The van der Waals surface area contributed by atoms with Crippen LogP contribution >= 0.6 is 0 Å². The van der Waals surface area contributed by atoms with Crippen LogP contribution in [0.5, 0.6) is 0 Å².